The zero-order chi connectivity index (χ0) is 13.8. The summed E-state index contributed by atoms with van der Waals surface area (Å²) < 4.78 is 11.5. The van der Waals surface area contributed by atoms with Gasteiger partial charge in [-0.25, -0.2) is 0 Å². The van der Waals surface area contributed by atoms with Crippen molar-refractivity contribution in [2.24, 2.45) is 0 Å². The Bertz CT molecular complexity index is 430. The van der Waals surface area contributed by atoms with E-state index in [1.54, 1.807) is 0 Å². The average molecular weight is 275 g/mol. The van der Waals surface area contributed by atoms with E-state index in [1.807, 2.05) is 0 Å². The van der Waals surface area contributed by atoms with E-state index in [9.17, 15) is 0 Å². The summed E-state index contributed by atoms with van der Waals surface area (Å²) in [5, 5.41) is 3.68. The lowest BCUT2D eigenvalue weighted by Crippen LogP contribution is -2.42. The summed E-state index contributed by atoms with van der Waals surface area (Å²) in [5.74, 6) is -0.227. The summed E-state index contributed by atoms with van der Waals surface area (Å²) in [4.78, 5) is 0. The third-order valence-electron chi connectivity index (χ3n) is 4.49. The fourth-order valence-electron chi connectivity index (χ4n) is 3.34. The number of rotatable bonds is 4. The van der Waals surface area contributed by atoms with E-state index in [1.165, 1.54) is 11.1 Å². The second-order valence-electron chi connectivity index (χ2n) is 6.08. The molecule has 1 saturated carbocycles. The number of hydrogen-bond donors (Lipinski definition) is 1. The van der Waals surface area contributed by atoms with Gasteiger partial charge in [-0.05, 0) is 38.3 Å². The van der Waals surface area contributed by atoms with Crippen molar-refractivity contribution in [2.45, 2.75) is 50.9 Å². The van der Waals surface area contributed by atoms with Crippen molar-refractivity contribution in [3.05, 3.63) is 35.4 Å². The molecule has 0 radical (unpaired) electrons. The Labute approximate surface area is 121 Å². The standard InChI is InChI=1S/C17H25NO2/c1-14-3-2-4-15(13-14)7-10-18-16-5-8-17(9-6-16)19-11-12-20-17/h2-4,13,16,18H,5-12H2,1H3. The van der Waals surface area contributed by atoms with Crippen LogP contribution in [0, 0.1) is 6.92 Å². The van der Waals surface area contributed by atoms with Crippen LogP contribution in [0.2, 0.25) is 0 Å². The van der Waals surface area contributed by atoms with Crippen LogP contribution in [0.5, 0.6) is 0 Å². The topological polar surface area (TPSA) is 30.5 Å². The Morgan fingerprint density at radius 3 is 2.65 bits per heavy atom. The van der Waals surface area contributed by atoms with Gasteiger partial charge in [0.2, 0.25) is 0 Å². The first-order chi connectivity index (χ1) is 9.76. The normalized spacial score (nSPS) is 22.4. The Kier molecular flexibility index (Phi) is 4.39. The molecule has 0 unspecified atom stereocenters. The quantitative estimate of drug-likeness (QED) is 0.916. The van der Waals surface area contributed by atoms with Crippen LogP contribution in [-0.2, 0) is 15.9 Å². The first-order valence-electron chi connectivity index (χ1n) is 7.83. The highest BCUT2D eigenvalue weighted by Gasteiger charge is 2.39. The number of ether oxygens (including phenoxy) is 2. The van der Waals surface area contributed by atoms with E-state index in [-0.39, 0.29) is 5.79 Å². The van der Waals surface area contributed by atoms with E-state index in [2.05, 4.69) is 36.5 Å². The minimum absolute atomic E-state index is 0.227. The second kappa shape index (κ2) is 6.25. The smallest absolute Gasteiger partial charge is 0.168 e. The van der Waals surface area contributed by atoms with Gasteiger partial charge in [-0.1, -0.05) is 29.8 Å². The first kappa shape index (κ1) is 14.1. The molecule has 3 heteroatoms. The van der Waals surface area contributed by atoms with Crippen molar-refractivity contribution >= 4 is 0 Å². The number of nitrogens with one attached hydrogen (secondary N) is 1. The van der Waals surface area contributed by atoms with Gasteiger partial charge < -0.3 is 14.8 Å². The average Bonchev–Trinajstić information content (AvgIpc) is 2.90. The highest BCUT2D eigenvalue weighted by atomic mass is 16.7. The van der Waals surface area contributed by atoms with Crippen molar-refractivity contribution < 1.29 is 9.47 Å². The zero-order valence-corrected chi connectivity index (χ0v) is 12.4. The molecule has 2 aliphatic rings. The predicted octanol–water partition coefficient (Wildman–Crippen LogP) is 2.81. The summed E-state index contributed by atoms with van der Waals surface area (Å²) in [6.45, 7) is 4.75. The lowest BCUT2D eigenvalue weighted by atomic mass is 9.90. The molecule has 0 amide bonds. The Balaban J connectivity index is 1.39. The molecule has 110 valence electrons. The molecule has 1 saturated heterocycles. The highest BCUT2D eigenvalue weighted by molar-refractivity contribution is 5.22. The summed E-state index contributed by atoms with van der Waals surface area (Å²) in [6, 6.07) is 9.41. The molecule has 1 spiro atoms. The van der Waals surface area contributed by atoms with Gasteiger partial charge in [0.1, 0.15) is 0 Å². The van der Waals surface area contributed by atoms with E-state index in [0.29, 0.717) is 6.04 Å². The molecule has 3 nitrogen and oxygen atoms in total. The van der Waals surface area contributed by atoms with Crippen LogP contribution in [0.4, 0.5) is 0 Å². The van der Waals surface area contributed by atoms with Crippen molar-refractivity contribution in [1.29, 1.82) is 0 Å². The lowest BCUT2D eigenvalue weighted by molar-refractivity contribution is -0.179. The first-order valence-corrected chi connectivity index (χ1v) is 7.83. The van der Waals surface area contributed by atoms with Gasteiger partial charge in [-0.15, -0.1) is 0 Å². The van der Waals surface area contributed by atoms with Crippen LogP contribution in [0.1, 0.15) is 36.8 Å². The molecule has 1 aliphatic carbocycles. The number of aryl methyl sites for hydroxylation is 1. The van der Waals surface area contributed by atoms with Crippen LogP contribution in [0.3, 0.4) is 0 Å². The monoisotopic (exact) mass is 275 g/mol. The molecule has 3 rings (SSSR count). The third-order valence-corrected chi connectivity index (χ3v) is 4.49. The Morgan fingerprint density at radius 2 is 1.95 bits per heavy atom. The Morgan fingerprint density at radius 1 is 1.20 bits per heavy atom. The van der Waals surface area contributed by atoms with Crippen LogP contribution < -0.4 is 5.32 Å². The lowest BCUT2D eigenvalue weighted by Gasteiger charge is -2.35. The van der Waals surface area contributed by atoms with E-state index in [4.69, 9.17) is 9.47 Å². The Hall–Kier alpha value is -0.900. The maximum atomic E-state index is 5.77. The van der Waals surface area contributed by atoms with E-state index < -0.39 is 0 Å². The molecule has 0 atom stereocenters. The molecule has 1 aromatic rings. The molecule has 2 fully saturated rings. The summed E-state index contributed by atoms with van der Waals surface area (Å²) in [7, 11) is 0. The highest BCUT2D eigenvalue weighted by Crippen LogP contribution is 2.35. The molecule has 20 heavy (non-hydrogen) atoms. The van der Waals surface area contributed by atoms with E-state index >= 15 is 0 Å². The van der Waals surface area contributed by atoms with Crippen LogP contribution in [0.25, 0.3) is 0 Å². The van der Waals surface area contributed by atoms with Gasteiger partial charge in [-0.2, -0.15) is 0 Å². The maximum absolute atomic E-state index is 5.77. The molecule has 1 aliphatic heterocycles. The summed E-state index contributed by atoms with van der Waals surface area (Å²) in [6.07, 6.45) is 5.50. The van der Waals surface area contributed by atoms with Crippen LogP contribution in [0.15, 0.2) is 24.3 Å². The van der Waals surface area contributed by atoms with Crippen LogP contribution >= 0.6 is 0 Å². The summed E-state index contributed by atoms with van der Waals surface area (Å²) >= 11 is 0. The SMILES string of the molecule is Cc1cccc(CCNC2CCC3(CC2)OCCO3)c1. The number of benzene rings is 1. The van der Waals surface area contributed by atoms with Crippen molar-refractivity contribution in [1.82, 2.24) is 5.32 Å². The molecule has 1 N–H and O–H groups in total. The summed E-state index contributed by atoms with van der Waals surface area (Å²) in [5.41, 5.74) is 2.77. The van der Waals surface area contributed by atoms with Gasteiger partial charge in [0, 0.05) is 18.9 Å². The van der Waals surface area contributed by atoms with Gasteiger partial charge in [-0.3, -0.25) is 0 Å². The van der Waals surface area contributed by atoms with Gasteiger partial charge in [0.05, 0.1) is 13.2 Å². The number of hydrogen-bond acceptors (Lipinski definition) is 3. The van der Waals surface area contributed by atoms with Crippen molar-refractivity contribution in [2.75, 3.05) is 19.8 Å². The largest absolute Gasteiger partial charge is 0.348 e. The van der Waals surface area contributed by atoms with Gasteiger partial charge >= 0.3 is 0 Å². The minimum atomic E-state index is -0.227. The second-order valence-corrected chi connectivity index (χ2v) is 6.08. The molecule has 0 bridgehead atoms. The van der Waals surface area contributed by atoms with Gasteiger partial charge in [0.25, 0.3) is 0 Å². The van der Waals surface area contributed by atoms with Gasteiger partial charge in [0.15, 0.2) is 5.79 Å². The van der Waals surface area contributed by atoms with Crippen molar-refractivity contribution in [3.8, 4) is 0 Å². The minimum Gasteiger partial charge on any atom is -0.348 e. The van der Waals surface area contributed by atoms with Crippen molar-refractivity contribution in [3.63, 3.8) is 0 Å². The molecule has 1 heterocycles. The molecule has 0 aromatic heterocycles. The van der Waals surface area contributed by atoms with Crippen LogP contribution in [-0.4, -0.2) is 31.6 Å². The van der Waals surface area contributed by atoms with E-state index in [0.717, 1.165) is 51.9 Å². The fraction of sp³-hybridized carbons (Fsp3) is 0.647. The molecule has 1 aromatic carbocycles. The predicted molar refractivity (Wildman–Crippen MR) is 79.8 cm³/mol. The molecular weight excluding hydrogens is 250 g/mol. The maximum Gasteiger partial charge on any atom is 0.168 e. The fourth-order valence-corrected chi connectivity index (χ4v) is 3.34. The third kappa shape index (κ3) is 3.40. The zero-order valence-electron chi connectivity index (χ0n) is 12.4. The molecular formula is C17H25NO2.